The smallest absolute Gasteiger partial charge is 0.119 e. The largest absolute Gasteiger partial charge is 0.494 e. The summed E-state index contributed by atoms with van der Waals surface area (Å²) in [4.78, 5) is 17.8. The lowest BCUT2D eigenvalue weighted by Gasteiger charge is -2.07. The molecule has 2 rings (SSSR count). The van der Waals surface area contributed by atoms with E-state index in [1.165, 1.54) is 0 Å². The predicted molar refractivity (Wildman–Crippen MR) is 77.8 cm³/mol. The van der Waals surface area contributed by atoms with Crippen molar-refractivity contribution in [3.05, 3.63) is 52.5 Å². The number of nitroso groups, excluding NO2 is 1. The summed E-state index contributed by atoms with van der Waals surface area (Å²) in [7, 11) is 0. The van der Waals surface area contributed by atoms with Gasteiger partial charge in [-0.25, -0.2) is 4.98 Å². The molecule has 20 heavy (non-hydrogen) atoms. The van der Waals surface area contributed by atoms with Gasteiger partial charge in [0.25, 0.3) is 0 Å². The molecule has 106 valence electrons. The molecule has 5 heteroatoms. The van der Waals surface area contributed by atoms with Gasteiger partial charge < -0.3 is 9.72 Å². The SMILES string of the molecule is Cc1[nH]cnc1CCCOc1ccc(C(C)N=O)cc1. The average Bonchev–Trinajstić information content (AvgIpc) is 2.89. The fourth-order valence-corrected chi connectivity index (χ4v) is 1.97. The van der Waals surface area contributed by atoms with Crippen molar-refractivity contribution in [3.63, 3.8) is 0 Å². The second kappa shape index (κ2) is 6.84. The minimum atomic E-state index is -0.313. The molecular weight excluding hydrogens is 254 g/mol. The Kier molecular flexibility index (Phi) is 4.87. The fourth-order valence-electron chi connectivity index (χ4n) is 1.97. The van der Waals surface area contributed by atoms with E-state index in [1.807, 2.05) is 31.2 Å². The summed E-state index contributed by atoms with van der Waals surface area (Å²) < 4.78 is 5.67. The Bertz CT molecular complexity index is 549. The van der Waals surface area contributed by atoms with Crippen LogP contribution in [-0.2, 0) is 6.42 Å². The van der Waals surface area contributed by atoms with Gasteiger partial charge in [0.15, 0.2) is 0 Å². The number of nitrogens with zero attached hydrogens (tertiary/aromatic N) is 2. The van der Waals surface area contributed by atoms with Crippen LogP contribution in [-0.4, -0.2) is 16.6 Å². The number of aromatic amines is 1. The molecule has 1 atom stereocenters. The monoisotopic (exact) mass is 273 g/mol. The van der Waals surface area contributed by atoms with E-state index < -0.39 is 0 Å². The topological polar surface area (TPSA) is 67.3 Å². The summed E-state index contributed by atoms with van der Waals surface area (Å²) in [5, 5.41) is 3.00. The van der Waals surface area contributed by atoms with Crippen molar-refractivity contribution in [1.82, 2.24) is 9.97 Å². The lowest BCUT2D eigenvalue weighted by molar-refractivity contribution is 0.310. The summed E-state index contributed by atoms with van der Waals surface area (Å²) in [6, 6.07) is 7.18. The van der Waals surface area contributed by atoms with Gasteiger partial charge in [0.2, 0.25) is 0 Å². The Morgan fingerprint density at radius 1 is 1.35 bits per heavy atom. The molecule has 0 aliphatic carbocycles. The van der Waals surface area contributed by atoms with E-state index in [0.717, 1.165) is 35.5 Å². The maximum absolute atomic E-state index is 10.5. The highest BCUT2D eigenvalue weighted by molar-refractivity contribution is 5.29. The van der Waals surface area contributed by atoms with Crippen molar-refractivity contribution in [2.45, 2.75) is 32.7 Å². The molecule has 0 amide bonds. The Hall–Kier alpha value is -2.17. The first-order chi connectivity index (χ1) is 9.70. The lowest BCUT2D eigenvalue weighted by Crippen LogP contribution is -2.00. The van der Waals surface area contributed by atoms with Gasteiger partial charge in [-0.05, 0) is 44.4 Å². The first kappa shape index (κ1) is 14.2. The third kappa shape index (κ3) is 3.66. The van der Waals surface area contributed by atoms with Gasteiger partial charge in [0, 0.05) is 5.69 Å². The van der Waals surface area contributed by atoms with Gasteiger partial charge in [-0.15, -0.1) is 0 Å². The van der Waals surface area contributed by atoms with Crippen LogP contribution in [0.5, 0.6) is 5.75 Å². The number of aryl methyl sites for hydroxylation is 2. The van der Waals surface area contributed by atoms with Gasteiger partial charge in [-0.2, -0.15) is 4.91 Å². The van der Waals surface area contributed by atoms with Gasteiger partial charge in [-0.1, -0.05) is 17.3 Å². The van der Waals surface area contributed by atoms with E-state index in [4.69, 9.17) is 4.74 Å². The number of imidazole rings is 1. The molecule has 0 spiro atoms. The van der Waals surface area contributed by atoms with E-state index in [0.29, 0.717) is 6.61 Å². The molecular formula is C15H19N3O2. The molecule has 1 N–H and O–H groups in total. The number of ether oxygens (including phenoxy) is 1. The molecule has 5 nitrogen and oxygen atoms in total. The summed E-state index contributed by atoms with van der Waals surface area (Å²) in [6.07, 6.45) is 3.53. The maximum Gasteiger partial charge on any atom is 0.119 e. The summed E-state index contributed by atoms with van der Waals surface area (Å²) in [5.41, 5.74) is 3.11. The number of H-pyrrole nitrogens is 1. The van der Waals surface area contributed by atoms with Crippen molar-refractivity contribution in [3.8, 4) is 5.75 Å². The van der Waals surface area contributed by atoms with Crippen LogP contribution in [0, 0.1) is 11.8 Å². The summed E-state index contributed by atoms with van der Waals surface area (Å²) in [6.45, 7) is 4.44. The molecule has 2 aromatic rings. The summed E-state index contributed by atoms with van der Waals surface area (Å²) in [5.74, 6) is 0.811. The van der Waals surface area contributed by atoms with Gasteiger partial charge >= 0.3 is 0 Å². The van der Waals surface area contributed by atoms with Crippen LogP contribution in [0.2, 0.25) is 0 Å². The minimum Gasteiger partial charge on any atom is -0.494 e. The summed E-state index contributed by atoms with van der Waals surface area (Å²) >= 11 is 0. The molecule has 0 saturated carbocycles. The first-order valence-electron chi connectivity index (χ1n) is 6.74. The van der Waals surface area contributed by atoms with Crippen LogP contribution >= 0.6 is 0 Å². The molecule has 1 aromatic carbocycles. The van der Waals surface area contributed by atoms with Crippen molar-refractivity contribution >= 4 is 0 Å². The molecule has 1 unspecified atom stereocenters. The van der Waals surface area contributed by atoms with Crippen molar-refractivity contribution < 1.29 is 4.74 Å². The highest BCUT2D eigenvalue weighted by atomic mass is 16.5. The van der Waals surface area contributed by atoms with Crippen molar-refractivity contribution in [2.24, 2.45) is 5.18 Å². The predicted octanol–water partition coefficient (Wildman–Crippen LogP) is 3.56. The molecule has 0 saturated heterocycles. The molecule has 0 radical (unpaired) electrons. The van der Waals surface area contributed by atoms with Gasteiger partial charge in [0.1, 0.15) is 11.8 Å². The van der Waals surface area contributed by atoms with Crippen LogP contribution in [0.1, 0.15) is 36.3 Å². The highest BCUT2D eigenvalue weighted by Gasteiger charge is 2.05. The van der Waals surface area contributed by atoms with E-state index in [9.17, 15) is 4.91 Å². The second-order valence-corrected chi connectivity index (χ2v) is 4.78. The Morgan fingerprint density at radius 2 is 2.10 bits per heavy atom. The zero-order valence-corrected chi connectivity index (χ0v) is 11.8. The first-order valence-corrected chi connectivity index (χ1v) is 6.74. The van der Waals surface area contributed by atoms with Crippen LogP contribution in [0.25, 0.3) is 0 Å². The van der Waals surface area contributed by atoms with Gasteiger partial charge in [0.05, 0.1) is 18.6 Å². The lowest BCUT2D eigenvalue weighted by atomic mass is 10.1. The third-order valence-electron chi connectivity index (χ3n) is 3.28. The number of benzene rings is 1. The van der Waals surface area contributed by atoms with E-state index in [1.54, 1.807) is 13.3 Å². The zero-order chi connectivity index (χ0) is 14.4. The molecule has 0 fully saturated rings. The second-order valence-electron chi connectivity index (χ2n) is 4.78. The standard InChI is InChI=1S/C15H19N3O2/c1-11(18-19)13-5-7-14(8-6-13)20-9-3-4-15-12(2)16-10-17-15/h5-8,10-11H,3-4,9H2,1-2H3,(H,16,17). The molecule has 0 bridgehead atoms. The number of hydrogen-bond donors (Lipinski definition) is 1. The molecule has 0 aliphatic heterocycles. The molecule has 1 heterocycles. The molecule has 0 aliphatic rings. The highest BCUT2D eigenvalue weighted by Crippen LogP contribution is 2.20. The minimum absolute atomic E-state index is 0.313. The Labute approximate surface area is 118 Å². The van der Waals surface area contributed by atoms with E-state index >= 15 is 0 Å². The average molecular weight is 273 g/mol. The zero-order valence-electron chi connectivity index (χ0n) is 11.8. The van der Waals surface area contributed by atoms with E-state index in [-0.39, 0.29) is 6.04 Å². The van der Waals surface area contributed by atoms with Crippen LogP contribution in [0.3, 0.4) is 0 Å². The number of hydrogen-bond acceptors (Lipinski definition) is 4. The Morgan fingerprint density at radius 3 is 2.70 bits per heavy atom. The number of rotatable bonds is 7. The van der Waals surface area contributed by atoms with Crippen LogP contribution in [0.4, 0.5) is 0 Å². The maximum atomic E-state index is 10.5. The quantitative estimate of drug-likeness (QED) is 0.619. The number of aromatic nitrogens is 2. The van der Waals surface area contributed by atoms with Crippen molar-refractivity contribution in [2.75, 3.05) is 6.61 Å². The Balaban J connectivity index is 1.77. The molecule has 1 aromatic heterocycles. The van der Waals surface area contributed by atoms with Crippen LogP contribution < -0.4 is 4.74 Å². The number of nitrogens with one attached hydrogen (secondary N) is 1. The van der Waals surface area contributed by atoms with Gasteiger partial charge in [-0.3, -0.25) is 0 Å². The van der Waals surface area contributed by atoms with Crippen LogP contribution in [0.15, 0.2) is 35.8 Å². The normalized spacial score (nSPS) is 12.1. The van der Waals surface area contributed by atoms with E-state index in [2.05, 4.69) is 15.1 Å². The van der Waals surface area contributed by atoms with Crippen molar-refractivity contribution in [1.29, 1.82) is 0 Å². The third-order valence-corrected chi connectivity index (χ3v) is 3.28. The fraction of sp³-hybridized carbons (Fsp3) is 0.400.